The summed E-state index contributed by atoms with van der Waals surface area (Å²) in [6.07, 6.45) is 1.49. The lowest BCUT2D eigenvalue weighted by Gasteiger charge is -2.08. The van der Waals surface area contributed by atoms with Gasteiger partial charge in [0.2, 0.25) is 0 Å². The van der Waals surface area contributed by atoms with Crippen LogP contribution in [0.5, 0.6) is 11.5 Å². The second kappa shape index (κ2) is 8.94. The number of halogens is 1. The first-order chi connectivity index (χ1) is 12.0. The summed E-state index contributed by atoms with van der Waals surface area (Å²) in [4.78, 5) is 16.9. The summed E-state index contributed by atoms with van der Waals surface area (Å²) in [6.45, 7) is 1.66. The Hall–Kier alpha value is -2.73. The highest BCUT2D eigenvalue weighted by atomic mass is 35.5. The topological polar surface area (TPSA) is 69.2 Å². The third-order valence-corrected chi connectivity index (χ3v) is 3.58. The smallest absolute Gasteiger partial charge is 0.265 e. The second-order valence-corrected chi connectivity index (χ2v) is 5.57. The van der Waals surface area contributed by atoms with E-state index in [2.05, 4.69) is 10.5 Å². The number of nitrogens with one attached hydrogen (secondary N) is 1. The standard InChI is InChI=1S/C18H19ClN2O4/c1-12-8-14(19)5-6-15(12)21-18(22)11-25-20-10-13-4-7-16(23-2)17(9-13)24-3/h4-10H,11H2,1-3H3,(H,21,22)/b20-10-. The molecule has 0 spiro atoms. The molecule has 7 heteroatoms. The van der Waals surface area contributed by atoms with Gasteiger partial charge in [-0.1, -0.05) is 16.8 Å². The summed E-state index contributed by atoms with van der Waals surface area (Å²) in [7, 11) is 3.12. The van der Waals surface area contributed by atoms with Gasteiger partial charge in [0, 0.05) is 16.3 Å². The number of rotatable bonds is 7. The van der Waals surface area contributed by atoms with Crippen LogP contribution in [-0.2, 0) is 9.63 Å². The molecule has 2 aromatic rings. The minimum absolute atomic E-state index is 0.203. The minimum Gasteiger partial charge on any atom is -0.493 e. The number of methoxy groups -OCH3 is 2. The first-order valence-electron chi connectivity index (χ1n) is 7.47. The maximum atomic E-state index is 11.9. The Bertz CT molecular complexity index is 778. The number of benzene rings is 2. The molecule has 0 saturated carbocycles. The number of carbonyl (C=O) groups excluding carboxylic acids is 1. The molecule has 0 radical (unpaired) electrons. The Morgan fingerprint density at radius 1 is 1.16 bits per heavy atom. The average Bonchev–Trinajstić information content (AvgIpc) is 2.61. The highest BCUT2D eigenvalue weighted by Gasteiger charge is 2.06. The zero-order chi connectivity index (χ0) is 18.2. The van der Waals surface area contributed by atoms with Crippen molar-refractivity contribution in [2.45, 2.75) is 6.92 Å². The van der Waals surface area contributed by atoms with E-state index in [1.165, 1.54) is 6.21 Å². The minimum atomic E-state index is -0.310. The number of hydrogen-bond donors (Lipinski definition) is 1. The fourth-order valence-corrected chi connectivity index (χ4v) is 2.31. The largest absolute Gasteiger partial charge is 0.493 e. The molecule has 0 aromatic heterocycles. The molecule has 6 nitrogen and oxygen atoms in total. The van der Waals surface area contributed by atoms with Crippen molar-refractivity contribution in [3.05, 3.63) is 52.5 Å². The fourth-order valence-electron chi connectivity index (χ4n) is 2.08. The molecule has 2 aromatic carbocycles. The molecule has 0 aliphatic heterocycles. The molecular formula is C18H19ClN2O4. The summed E-state index contributed by atoms with van der Waals surface area (Å²) in [5, 5.41) is 7.14. The molecule has 25 heavy (non-hydrogen) atoms. The van der Waals surface area contributed by atoms with Gasteiger partial charge in [0.05, 0.1) is 20.4 Å². The summed E-state index contributed by atoms with van der Waals surface area (Å²) < 4.78 is 10.4. The van der Waals surface area contributed by atoms with Crippen molar-refractivity contribution < 1.29 is 19.1 Å². The summed E-state index contributed by atoms with van der Waals surface area (Å²) >= 11 is 5.88. The third-order valence-electron chi connectivity index (χ3n) is 3.34. The molecule has 1 amide bonds. The van der Waals surface area contributed by atoms with Crippen molar-refractivity contribution in [3.8, 4) is 11.5 Å². The van der Waals surface area contributed by atoms with Crippen LogP contribution in [0, 0.1) is 6.92 Å². The highest BCUT2D eigenvalue weighted by Crippen LogP contribution is 2.26. The lowest BCUT2D eigenvalue weighted by molar-refractivity contribution is -0.120. The maximum absolute atomic E-state index is 11.9. The summed E-state index contributed by atoms with van der Waals surface area (Å²) in [6, 6.07) is 10.5. The fraction of sp³-hybridized carbons (Fsp3) is 0.222. The number of oxime groups is 1. The predicted octanol–water partition coefficient (Wildman–Crippen LogP) is 3.65. The van der Waals surface area contributed by atoms with Crippen LogP contribution in [0.4, 0.5) is 5.69 Å². The number of nitrogens with zero attached hydrogens (tertiary/aromatic N) is 1. The normalized spacial score (nSPS) is 10.6. The molecule has 0 atom stereocenters. The number of carbonyl (C=O) groups is 1. The Morgan fingerprint density at radius 2 is 1.92 bits per heavy atom. The molecule has 0 bridgehead atoms. The van der Waals surface area contributed by atoms with Crippen molar-refractivity contribution in [1.29, 1.82) is 0 Å². The third kappa shape index (κ3) is 5.39. The van der Waals surface area contributed by atoms with E-state index in [0.29, 0.717) is 22.2 Å². The van der Waals surface area contributed by atoms with E-state index in [1.807, 2.05) is 6.92 Å². The lowest BCUT2D eigenvalue weighted by Crippen LogP contribution is -2.17. The van der Waals surface area contributed by atoms with Crippen LogP contribution in [0.3, 0.4) is 0 Å². The Labute approximate surface area is 151 Å². The van der Waals surface area contributed by atoms with Crippen molar-refractivity contribution >= 4 is 29.4 Å². The van der Waals surface area contributed by atoms with Gasteiger partial charge in [-0.05, 0) is 48.9 Å². The van der Waals surface area contributed by atoms with Crippen molar-refractivity contribution in [3.63, 3.8) is 0 Å². The van der Waals surface area contributed by atoms with E-state index in [1.54, 1.807) is 50.6 Å². The molecule has 0 aliphatic carbocycles. The van der Waals surface area contributed by atoms with Gasteiger partial charge in [-0.25, -0.2) is 0 Å². The highest BCUT2D eigenvalue weighted by molar-refractivity contribution is 6.30. The van der Waals surface area contributed by atoms with Crippen LogP contribution in [0.1, 0.15) is 11.1 Å². The summed E-state index contributed by atoms with van der Waals surface area (Å²) in [5.74, 6) is 0.899. The average molecular weight is 363 g/mol. The quantitative estimate of drug-likeness (QED) is 0.603. The molecule has 1 N–H and O–H groups in total. The number of anilines is 1. The first-order valence-corrected chi connectivity index (χ1v) is 7.84. The van der Waals surface area contributed by atoms with Gasteiger partial charge >= 0.3 is 0 Å². The molecule has 2 rings (SSSR count). The van der Waals surface area contributed by atoms with E-state index in [-0.39, 0.29) is 12.5 Å². The predicted molar refractivity (Wildman–Crippen MR) is 97.9 cm³/mol. The van der Waals surface area contributed by atoms with E-state index < -0.39 is 0 Å². The van der Waals surface area contributed by atoms with Gasteiger partial charge in [-0.2, -0.15) is 0 Å². The van der Waals surface area contributed by atoms with Crippen molar-refractivity contribution in [2.75, 3.05) is 26.1 Å². The Balaban J connectivity index is 1.87. The van der Waals surface area contributed by atoms with Gasteiger partial charge in [0.15, 0.2) is 18.1 Å². The SMILES string of the molecule is COc1ccc(/C=N\OCC(=O)Nc2ccc(Cl)cc2C)cc1OC. The van der Waals surface area contributed by atoms with Gasteiger partial charge in [-0.3, -0.25) is 4.79 Å². The van der Waals surface area contributed by atoms with Crippen molar-refractivity contribution in [2.24, 2.45) is 5.16 Å². The van der Waals surface area contributed by atoms with Crippen LogP contribution in [0.25, 0.3) is 0 Å². The number of hydrogen-bond acceptors (Lipinski definition) is 5. The number of ether oxygens (including phenoxy) is 2. The Morgan fingerprint density at radius 3 is 2.60 bits per heavy atom. The van der Waals surface area contributed by atoms with Gasteiger partial charge in [0.1, 0.15) is 0 Å². The first kappa shape index (κ1) is 18.6. The Kier molecular flexibility index (Phi) is 6.65. The summed E-state index contributed by atoms with van der Waals surface area (Å²) in [5.41, 5.74) is 2.31. The maximum Gasteiger partial charge on any atom is 0.265 e. The molecule has 0 fully saturated rings. The van der Waals surface area contributed by atoms with Crippen LogP contribution >= 0.6 is 11.6 Å². The zero-order valence-electron chi connectivity index (χ0n) is 14.2. The van der Waals surface area contributed by atoms with Crippen LogP contribution in [-0.4, -0.2) is 32.9 Å². The lowest BCUT2D eigenvalue weighted by atomic mass is 10.2. The number of amides is 1. The van der Waals surface area contributed by atoms with Crippen LogP contribution in [0.15, 0.2) is 41.6 Å². The monoisotopic (exact) mass is 362 g/mol. The van der Waals surface area contributed by atoms with E-state index >= 15 is 0 Å². The van der Waals surface area contributed by atoms with Gasteiger partial charge < -0.3 is 19.6 Å². The van der Waals surface area contributed by atoms with Crippen LogP contribution < -0.4 is 14.8 Å². The van der Waals surface area contributed by atoms with Crippen LogP contribution in [0.2, 0.25) is 5.02 Å². The molecule has 0 unspecified atom stereocenters. The van der Waals surface area contributed by atoms with E-state index in [9.17, 15) is 4.79 Å². The molecule has 132 valence electrons. The molecule has 0 heterocycles. The van der Waals surface area contributed by atoms with Gasteiger partial charge in [-0.15, -0.1) is 0 Å². The zero-order valence-corrected chi connectivity index (χ0v) is 15.0. The second-order valence-electron chi connectivity index (χ2n) is 5.13. The molecule has 0 aliphatic rings. The number of aryl methyl sites for hydroxylation is 1. The van der Waals surface area contributed by atoms with Gasteiger partial charge in [0.25, 0.3) is 5.91 Å². The van der Waals surface area contributed by atoms with E-state index in [0.717, 1.165) is 11.1 Å². The molecule has 0 saturated heterocycles. The van der Waals surface area contributed by atoms with Crippen molar-refractivity contribution in [1.82, 2.24) is 0 Å². The molecular weight excluding hydrogens is 344 g/mol. The van der Waals surface area contributed by atoms with E-state index in [4.69, 9.17) is 25.9 Å².